The summed E-state index contributed by atoms with van der Waals surface area (Å²) < 4.78 is 33.0. The number of nitrogens with zero attached hydrogens (tertiary/aromatic N) is 1. The van der Waals surface area contributed by atoms with Crippen molar-refractivity contribution in [1.82, 2.24) is 4.31 Å². The van der Waals surface area contributed by atoms with Crippen molar-refractivity contribution in [2.45, 2.75) is 43.9 Å². The lowest BCUT2D eigenvalue weighted by molar-refractivity contribution is -0.116. The van der Waals surface area contributed by atoms with Crippen LogP contribution < -0.4 is 10.1 Å². The van der Waals surface area contributed by atoms with E-state index in [0.717, 1.165) is 19.3 Å². The summed E-state index contributed by atoms with van der Waals surface area (Å²) >= 11 is 0. The summed E-state index contributed by atoms with van der Waals surface area (Å²) in [5.74, 6) is 0.141. The summed E-state index contributed by atoms with van der Waals surface area (Å²) in [5, 5.41) is 2.74. The molecule has 0 unspecified atom stereocenters. The molecule has 1 amide bonds. The minimum atomic E-state index is -3.65. The number of benzene rings is 1. The van der Waals surface area contributed by atoms with Crippen molar-refractivity contribution in [2.75, 3.05) is 25.0 Å². The first kappa shape index (κ1) is 19.5. The number of carbonyl (C=O) groups excluding carboxylic acids is 1. The van der Waals surface area contributed by atoms with Crippen molar-refractivity contribution >= 4 is 21.6 Å². The molecule has 138 valence electrons. The molecule has 0 saturated carbocycles. The van der Waals surface area contributed by atoms with E-state index in [1.807, 2.05) is 6.92 Å². The molecular formula is C18H26N2O4S. The summed E-state index contributed by atoms with van der Waals surface area (Å²) in [6, 6.07) is 4.75. The SMILES string of the molecule is C=CCCC(=O)Nc1ccc(OCC)c(S(=O)(=O)N2CCCCC2)c1. The van der Waals surface area contributed by atoms with Crippen LogP contribution in [0.1, 0.15) is 39.0 Å². The Morgan fingerprint density at radius 3 is 2.68 bits per heavy atom. The summed E-state index contributed by atoms with van der Waals surface area (Å²) in [5.41, 5.74) is 0.452. The second kappa shape index (κ2) is 9.01. The second-order valence-electron chi connectivity index (χ2n) is 5.93. The summed E-state index contributed by atoms with van der Waals surface area (Å²) in [7, 11) is -3.65. The first-order valence-corrected chi connectivity index (χ1v) is 10.1. The van der Waals surface area contributed by atoms with Crippen molar-refractivity contribution < 1.29 is 17.9 Å². The molecule has 0 atom stereocenters. The van der Waals surface area contributed by atoms with Gasteiger partial charge in [-0.05, 0) is 44.4 Å². The van der Waals surface area contributed by atoms with E-state index < -0.39 is 10.0 Å². The number of carbonyl (C=O) groups is 1. The number of sulfonamides is 1. The van der Waals surface area contributed by atoms with Gasteiger partial charge in [-0.15, -0.1) is 6.58 Å². The van der Waals surface area contributed by atoms with Crippen LogP contribution in [0.3, 0.4) is 0 Å². The molecule has 1 saturated heterocycles. The predicted octanol–water partition coefficient (Wildman–Crippen LogP) is 3.16. The molecule has 25 heavy (non-hydrogen) atoms. The van der Waals surface area contributed by atoms with Gasteiger partial charge in [0.15, 0.2) is 0 Å². The highest BCUT2D eigenvalue weighted by molar-refractivity contribution is 7.89. The Kier molecular flexibility index (Phi) is 7.01. The van der Waals surface area contributed by atoms with Crippen molar-refractivity contribution in [3.8, 4) is 5.75 Å². The first-order chi connectivity index (χ1) is 12.0. The number of nitrogens with one attached hydrogen (secondary N) is 1. The normalized spacial score (nSPS) is 15.6. The van der Waals surface area contributed by atoms with Gasteiger partial charge in [0.25, 0.3) is 0 Å². The largest absolute Gasteiger partial charge is 0.492 e. The molecule has 0 aromatic heterocycles. The van der Waals surface area contributed by atoms with Gasteiger partial charge in [-0.2, -0.15) is 4.31 Å². The Morgan fingerprint density at radius 2 is 2.04 bits per heavy atom. The van der Waals surface area contributed by atoms with E-state index in [4.69, 9.17) is 4.74 Å². The maximum absolute atomic E-state index is 13.0. The smallest absolute Gasteiger partial charge is 0.246 e. The highest BCUT2D eigenvalue weighted by Crippen LogP contribution is 2.31. The molecule has 0 bridgehead atoms. The van der Waals surface area contributed by atoms with Crippen LogP contribution in [-0.2, 0) is 14.8 Å². The fourth-order valence-electron chi connectivity index (χ4n) is 2.76. The van der Waals surface area contributed by atoms with Gasteiger partial charge in [-0.1, -0.05) is 12.5 Å². The monoisotopic (exact) mass is 366 g/mol. The van der Waals surface area contributed by atoms with E-state index in [0.29, 0.717) is 44.0 Å². The van der Waals surface area contributed by atoms with E-state index in [-0.39, 0.29) is 10.8 Å². The third kappa shape index (κ3) is 5.06. The second-order valence-corrected chi connectivity index (χ2v) is 7.84. The van der Waals surface area contributed by atoms with Crippen LogP contribution in [0.5, 0.6) is 5.75 Å². The lowest BCUT2D eigenvalue weighted by Crippen LogP contribution is -2.35. The summed E-state index contributed by atoms with van der Waals surface area (Å²) in [6.07, 6.45) is 5.32. The summed E-state index contributed by atoms with van der Waals surface area (Å²) in [6.45, 7) is 6.80. The zero-order valence-corrected chi connectivity index (χ0v) is 15.5. The zero-order valence-electron chi connectivity index (χ0n) is 14.7. The molecule has 7 heteroatoms. The van der Waals surface area contributed by atoms with Gasteiger partial charge in [0.1, 0.15) is 10.6 Å². The molecule has 1 N–H and O–H groups in total. The molecule has 0 radical (unpaired) electrons. The van der Waals surface area contributed by atoms with E-state index >= 15 is 0 Å². The van der Waals surface area contributed by atoms with Crippen LogP contribution in [0.2, 0.25) is 0 Å². The highest BCUT2D eigenvalue weighted by atomic mass is 32.2. The highest BCUT2D eigenvalue weighted by Gasteiger charge is 2.29. The molecule has 1 aromatic carbocycles. The standard InChI is InChI=1S/C18H26N2O4S/c1-3-5-9-18(21)19-15-10-11-16(24-4-2)17(14-15)25(22,23)20-12-7-6-8-13-20/h3,10-11,14H,1,4-9,12-13H2,2H3,(H,19,21). The molecule has 2 rings (SSSR count). The molecule has 1 aliphatic rings. The van der Waals surface area contributed by atoms with Crippen LogP contribution in [0.4, 0.5) is 5.69 Å². The third-order valence-electron chi connectivity index (χ3n) is 4.04. The first-order valence-electron chi connectivity index (χ1n) is 8.66. The van der Waals surface area contributed by atoms with Crippen molar-refractivity contribution in [3.05, 3.63) is 30.9 Å². The number of allylic oxidation sites excluding steroid dienone is 1. The number of ether oxygens (including phenoxy) is 1. The minimum absolute atomic E-state index is 0.109. The van der Waals surface area contributed by atoms with Gasteiger partial charge in [-0.3, -0.25) is 4.79 Å². The number of anilines is 1. The van der Waals surface area contributed by atoms with Gasteiger partial charge >= 0.3 is 0 Å². The Bertz CT molecular complexity index is 710. The van der Waals surface area contributed by atoms with Gasteiger partial charge in [0, 0.05) is 25.2 Å². The van der Waals surface area contributed by atoms with Crippen molar-refractivity contribution in [3.63, 3.8) is 0 Å². The molecule has 1 aromatic rings. The molecule has 1 fully saturated rings. The Hall–Kier alpha value is -1.86. The van der Waals surface area contributed by atoms with Gasteiger partial charge in [0.2, 0.25) is 15.9 Å². The Labute approximate surface area is 149 Å². The van der Waals surface area contributed by atoms with Gasteiger partial charge < -0.3 is 10.1 Å². The van der Waals surface area contributed by atoms with Crippen LogP contribution in [0, 0.1) is 0 Å². The lowest BCUT2D eigenvalue weighted by Gasteiger charge is -2.27. The lowest BCUT2D eigenvalue weighted by atomic mass is 10.2. The number of rotatable bonds is 8. The van der Waals surface area contributed by atoms with E-state index in [1.54, 1.807) is 18.2 Å². The maximum Gasteiger partial charge on any atom is 0.246 e. The fourth-order valence-corrected chi connectivity index (χ4v) is 4.44. The van der Waals surface area contributed by atoms with Crippen LogP contribution >= 0.6 is 0 Å². The number of hydrogen-bond acceptors (Lipinski definition) is 4. The predicted molar refractivity (Wildman–Crippen MR) is 98.3 cm³/mol. The molecule has 1 aliphatic heterocycles. The van der Waals surface area contributed by atoms with Crippen LogP contribution in [-0.4, -0.2) is 38.3 Å². The summed E-state index contributed by atoms with van der Waals surface area (Å²) in [4.78, 5) is 12.0. The van der Waals surface area contributed by atoms with E-state index in [9.17, 15) is 13.2 Å². The minimum Gasteiger partial charge on any atom is -0.492 e. The fraction of sp³-hybridized carbons (Fsp3) is 0.500. The average Bonchev–Trinajstić information content (AvgIpc) is 2.62. The van der Waals surface area contributed by atoms with E-state index in [1.165, 1.54) is 10.4 Å². The topological polar surface area (TPSA) is 75.7 Å². The Morgan fingerprint density at radius 1 is 1.32 bits per heavy atom. The number of hydrogen-bond donors (Lipinski definition) is 1. The third-order valence-corrected chi connectivity index (χ3v) is 5.96. The van der Waals surface area contributed by atoms with Gasteiger partial charge in [0.05, 0.1) is 6.61 Å². The molecule has 1 heterocycles. The Balaban J connectivity index is 2.30. The zero-order chi connectivity index (χ0) is 18.3. The molecule has 6 nitrogen and oxygen atoms in total. The van der Waals surface area contributed by atoms with Crippen molar-refractivity contribution in [1.29, 1.82) is 0 Å². The van der Waals surface area contributed by atoms with E-state index in [2.05, 4.69) is 11.9 Å². The number of piperidine rings is 1. The van der Waals surface area contributed by atoms with Crippen molar-refractivity contribution in [2.24, 2.45) is 0 Å². The average molecular weight is 366 g/mol. The quantitative estimate of drug-likeness (QED) is 0.717. The van der Waals surface area contributed by atoms with Crippen LogP contribution in [0.15, 0.2) is 35.7 Å². The number of amides is 1. The molecular weight excluding hydrogens is 340 g/mol. The van der Waals surface area contributed by atoms with Gasteiger partial charge in [-0.25, -0.2) is 8.42 Å². The maximum atomic E-state index is 13.0. The van der Waals surface area contributed by atoms with Crippen LogP contribution in [0.25, 0.3) is 0 Å². The molecule has 0 aliphatic carbocycles. The molecule has 0 spiro atoms.